The first-order valence-corrected chi connectivity index (χ1v) is 7.54. The van der Waals surface area contributed by atoms with Crippen LogP contribution < -0.4 is 5.32 Å². The maximum absolute atomic E-state index is 4.05. The predicted molar refractivity (Wildman–Crippen MR) is 70.0 cm³/mol. The van der Waals surface area contributed by atoms with Crippen LogP contribution in [0.4, 0.5) is 0 Å². The first-order chi connectivity index (χ1) is 8.09. The quantitative estimate of drug-likeness (QED) is 0.806. The Bertz CT molecular complexity index is 312. The highest BCUT2D eigenvalue weighted by Gasteiger charge is 2.59. The third-order valence-corrected chi connectivity index (χ3v) is 6.07. The molecule has 0 aromatic heterocycles. The molecular formula is C15H26N2. The number of hydrogen-bond acceptors (Lipinski definition) is 2. The van der Waals surface area contributed by atoms with Crippen molar-refractivity contribution in [1.29, 1.82) is 0 Å². The fraction of sp³-hybridized carbons (Fsp3) is 1.00. The zero-order valence-corrected chi connectivity index (χ0v) is 11.3. The van der Waals surface area contributed by atoms with Crippen LogP contribution in [0, 0.1) is 11.8 Å². The van der Waals surface area contributed by atoms with Crippen LogP contribution in [0.1, 0.15) is 51.4 Å². The number of rotatable bonds is 3. The SMILES string of the molecule is CN(C)C12CC3CC(CC(NC4CC4)(C3)C1)C2. The summed E-state index contributed by atoms with van der Waals surface area (Å²) in [6.07, 6.45) is 11.7. The van der Waals surface area contributed by atoms with Crippen molar-refractivity contribution in [2.75, 3.05) is 14.1 Å². The molecular weight excluding hydrogens is 208 g/mol. The minimum absolute atomic E-state index is 0.537. The Labute approximate surface area is 105 Å². The topological polar surface area (TPSA) is 15.3 Å². The molecule has 0 spiro atoms. The third-order valence-electron chi connectivity index (χ3n) is 6.07. The smallest absolute Gasteiger partial charge is 0.0226 e. The van der Waals surface area contributed by atoms with E-state index < -0.39 is 0 Å². The molecule has 2 heteroatoms. The highest BCUT2D eigenvalue weighted by molar-refractivity contribution is 5.16. The molecule has 0 aromatic carbocycles. The summed E-state index contributed by atoms with van der Waals surface area (Å²) in [5.74, 6) is 2.04. The molecule has 4 bridgehead atoms. The third kappa shape index (κ3) is 1.60. The summed E-state index contributed by atoms with van der Waals surface area (Å²) < 4.78 is 0. The maximum atomic E-state index is 4.05. The van der Waals surface area contributed by atoms with Gasteiger partial charge in [-0.3, -0.25) is 0 Å². The van der Waals surface area contributed by atoms with Gasteiger partial charge in [0.2, 0.25) is 0 Å². The average molecular weight is 234 g/mol. The van der Waals surface area contributed by atoms with Crippen LogP contribution in [0.5, 0.6) is 0 Å². The van der Waals surface area contributed by atoms with Crippen LogP contribution in [-0.4, -0.2) is 36.1 Å². The average Bonchev–Trinajstić information content (AvgIpc) is 2.98. The summed E-state index contributed by atoms with van der Waals surface area (Å²) in [6, 6.07) is 0.880. The number of hydrogen-bond donors (Lipinski definition) is 1. The highest BCUT2D eigenvalue weighted by atomic mass is 15.2. The van der Waals surface area contributed by atoms with Crippen LogP contribution in [0.25, 0.3) is 0 Å². The van der Waals surface area contributed by atoms with Crippen molar-refractivity contribution in [2.24, 2.45) is 11.8 Å². The molecule has 2 nitrogen and oxygen atoms in total. The van der Waals surface area contributed by atoms with E-state index in [-0.39, 0.29) is 0 Å². The zero-order valence-electron chi connectivity index (χ0n) is 11.3. The van der Waals surface area contributed by atoms with Crippen molar-refractivity contribution in [1.82, 2.24) is 10.2 Å². The molecule has 5 aliphatic rings. The van der Waals surface area contributed by atoms with Gasteiger partial charge in [0.05, 0.1) is 0 Å². The van der Waals surface area contributed by atoms with Gasteiger partial charge in [0.15, 0.2) is 0 Å². The predicted octanol–water partition coefficient (Wildman–Crippen LogP) is 2.39. The van der Waals surface area contributed by atoms with E-state index in [1.54, 1.807) is 0 Å². The second kappa shape index (κ2) is 3.27. The Kier molecular flexibility index (Phi) is 2.08. The molecule has 2 unspecified atom stereocenters. The van der Waals surface area contributed by atoms with Gasteiger partial charge in [0.25, 0.3) is 0 Å². The summed E-state index contributed by atoms with van der Waals surface area (Å²) >= 11 is 0. The Balaban J connectivity index is 1.65. The second-order valence-electron chi connectivity index (χ2n) is 7.78. The van der Waals surface area contributed by atoms with Crippen molar-refractivity contribution in [3.05, 3.63) is 0 Å². The molecule has 0 heterocycles. The van der Waals surface area contributed by atoms with Crippen molar-refractivity contribution in [3.8, 4) is 0 Å². The van der Waals surface area contributed by atoms with Gasteiger partial charge in [-0.1, -0.05) is 0 Å². The zero-order chi connectivity index (χ0) is 11.7. The van der Waals surface area contributed by atoms with Crippen molar-refractivity contribution in [3.63, 3.8) is 0 Å². The molecule has 96 valence electrons. The standard InChI is InChI=1S/C15H26N2/c1-17(2)15-8-11-5-12(9-15)7-14(6-11,10-15)16-13-3-4-13/h11-13,16H,3-10H2,1-2H3. The Hall–Kier alpha value is -0.0800. The van der Waals surface area contributed by atoms with Crippen LogP contribution in [0.2, 0.25) is 0 Å². The Morgan fingerprint density at radius 2 is 1.65 bits per heavy atom. The van der Waals surface area contributed by atoms with E-state index in [1.807, 2.05) is 0 Å². The monoisotopic (exact) mass is 234 g/mol. The molecule has 5 fully saturated rings. The van der Waals surface area contributed by atoms with Crippen molar-refractivity contribution < 1.29 is 0 Å². The lowest BCUT2D eigenvalue weighted by molar-refractivity contribution is -0.0947. The minimum atomic E-state index is 0.537. The van der Waals surface area contributed by atoms with Gasteiger partial charge >= 0.3 is 0 Å². The van der Waals surface area contributed by atoms with Gasteiger partial charge in [-0.15, -0.1) is 0 Å². The lowest BCUT2D eigenvalue weighted by Crippen LogP contribution is -2.68. The van der Waals surface area contributed by atoms with Crippen LogP contribution >= 0.6 is 0 Å². The first kappa shape index (κ1) is 10.8. The van der Waals surface area contributed by atoms with E-state index in [0.717, 1.165) is 17.9 Å². The van der Waals surface area contributed by atoms with E-state index in [1.165, 1.54) is 51.4 Å². The van der Waals surface area contributed by atoms with E-state index in [4.69, 9.17) is 0 Å². The minimum Gasteiger partial charge on any atom is -0.308 e. The summed E-state index contributed by atoms with van der Waals surface area (Å²) in [5.41, 5.74) is 1.08. The lowest BCUT2D eigenvalue weighted by atomic mass is 9.49. The van der Waals surface area contributed by atoms with Gasteiger partial charge < -0.3 is 10.2 Å². The molecule has 0 radical (unpaired) electrons. The normalized spacial score (nSPS) is 52.4. The summed E-state index contributed by atoms with van der Waals surface area (Å²) in [4.78, 5) is 2.56. The molecule has 5 aliphatic carbocycles. The molecule has 5 saturated carbocycles. The molecule has 17 heavy (non-hydrogen) atoms. The van der Waals surface area contributed by atoms with Gasteiger partial charge in [-0.05, 0) is 77.3 Å². The number of nitrogens with one attached hydrogen (secondary N) is 1. The number of nitrogens with zero attached hydrogens (tertiary/aromatic N) is 1. The summed E-state index contributed by atoms with van der Waals surface area (Å²) in [6.45, 7) is 0. The maximum Gasteiger partial charge on any atom is 0.0226 e. The molecule has 5 rings (SSSR count). The van der Waals surface area contributed by atoms with E-state index in [9.17, 15) is 0 Å². The Morgan fingerprint density at radius 3 is 2.18 bits per heavy atom. The largest absolute Gasteiger partial charge is 0.308 e. The fourth-order valence-electron chi connectivity index (χ4n) is 5.57. The van der Waals surface area contributed by atoms with E-state index in [0.29, 0.717) is 11.1 Å². The van der Waals surface area contributed by atoms with Gasteiger partial charge in [-0.2, -0.15) is 0 Å². The molecule has 0 aliphatic heterocycles. The van der Waals surface area contributed by atoms with E-state index >= 15 is 0 Å². The van der Waals surface area contributed by atoms with Crippen LogP contribution in [0.3, 0.4) is 0 Å². The van der Waals surface area contributed by atoms with Crippen molar-refractivity contribution in [2.45, 2.75) is 68.5 Å². The van der Waals surface area contributed by atoms with Crippen LogP contribution in [0.15, 0.2) is 0 Å². The first-order valence-electron chi connectivity index (χ1n) is 7.54. The van der Waals surface area contributed by atoms with Gasteiger partial charge in [0.1, 0.15) is 0 Å². The summed E-state index contributed by atoms with van der Waals surface area (Å²) in [7, 11) is 4.63. The molecule has 0 amide bonds. The molecule has 2 atom stereocenters. The summed E-state index contributed by atoms with van der Waals surface area (Å²) in [5, 5.41) is 4.05. The van der Waals surface area contributed by atoms with E-state index in [2.05, 4.69) is 24.3 Å². The van der Waals surface area contributed by atoms with Crippen LogP contribution in [-0.2, 0) is 0 Å². The lowest BCUT2D eigenvalue weighted by Gasteiger charge is -2.64. The fourth-order valence-corrected chi connectivity index (χ4v) is 5.57. The van der Waals surface area contributed by atoms with Gasteiger partial charge in [0, 0.05) is 17.1 Å². The van der Waals surface area contributed by atoms with Crippen molar-refractivity contribution >= 4 is 0 Å². The second-order valence-corrected chi connectivity index (χ2v) is 7.78. The molecule has 0 aromatic rings. The molecule has 1 N–H and O–H groups in total. The Morgan fingerprint density at radius 1 is 1.00 bits per heavy atom. The van der Waals surface area contributed by atoms with Gasteiger partial charge in [-0.25, -0.2) is 0 Å². The molecule has 0 saturated heterocycles. The highest BCUT2D eigenvalue weighted by Crippen LogP contribution is 2.59.